The van der Waals surface area contributed by atoms with Crippen LogP contribution in [0.5, 0.6) is 0 Å². The number of nitrogens with one attached hydrogen (secondary N) is 1. The Morgan fingerprint density at radius 3 is 2.56 bits per heavy atom. The molecule has 0 radical (unpaired) electrons. The molecule has 1 aromatic heterocycles. The van der Waals surface area contributed by atoms with E-state index in [9.17, 15) is 8.78 Å². The number of hydrogen-bond acceptors (Lipinski definition) is 3. The van der Waals surface area contributed by atoms with Gasteiger partial charge in [0, 0.05) is 30.8 Å². The Bertz CT molecular complexity index is 733. The van der Waals surface area contributed by atoms with E-state index in [0.717, 1.165) is 50.5 Å². The van der Waals surface area contributed by atoms with Crippen molar-refractivity contribution in [3.63, 3.8) is 0 Å². The largest absolute Gasteiger partial charge is 0.333 e. The molecular weight excluding hydrogens is 322 g/mol. The van der Waals surface area contributed by atoms with Crippen molar-refractivity contribution in [3.8, 4) is 11.3 Å². The molecule has 1 aromatic carbocycles. The summed E-state index contributed by atoms with van der Waals surface area (Å²) in [7, 11) is 0. The maximum atomic E-state index is 13.6. The fourth-order valence-electron chi connectivity index (χ4n) is 3.66. The van der Waals surface area contributed by atoms with E-state index in [4.69, 9.17) is 4.98 Å². The number of halogens is 2. The number of benzene rings is 1. The number of rotatable bonds is 5. The van der Waals surface area contributed by atoms with Crippen molar-refractivity contribution in [3.05, 3.63) is 41.9 Å². The molecule has 134 valence electrons. The van der Waals surface area contributed by atoms with E-state index in [2.05, 4.69) is 14.8 Å². The van der Waals surface area contributed by atoms with E-state index < -0.39 is 11.6 Å². The van der Waals surface area contributed by atoms with E-state index in [-0.39, 0.29) is 0 Å². The van der Waals surface area contributed by atoms with Crippen LogP contribution in [0.3, 0.4) is 0 Å². The lowest BCUT2D eigenvalue weighted by molar-refractivity contribution is 0.173. The molecule has 4 rings (SSSR count). The number of piperidine rings is 1. The number of imidazole rings is 1. The molecule has 0 spiro atoms. The van der Waals surface area contributed by atoms with Crippen molar-refractivity contribution in [1.82, 2.24) is 19.8 Å². The lowest BCUT2D eigenvalue weighted by Gasteiger charge is -2.31. The Hall–Kier alpha value is -1.79. The zero-order valence-electron chi connectivity index (χ0n) is 14.3. The highest BCUT2D eigenvalue weighted by atomic mass is 19.2. The standard InChI is InChI=1S/C19H24F2N4/c20-16-3-2-15(12-17(16)21)18-13-25(11-10-24-8-1-9-24)19(23-18)14-4-6-22-7-5-14/h2-3,12-14,22H,1,4-11H2. The molecule has 2 aromatic rings. The highest BCUT2D eigenvalue weighted by Crippen LogP contribution is 2.29. The second-order valence-electron chi connectivity index (χ2n) is 7.03. The van der Waals surface area contributed by atoms with Gasteiger partial charge in [-0.1, -0.05) is 0 Å². The average Bonchev–Trinajstić information content (AvgIpc) is 3.01. The first kappa shape index (κ1) is 16.7. The highest BCUT2D eigenvalue weighted by Gasteiger charge is 2.23. The van der Waals surface area contributed by atoms with Gasteiger partial charge in [0.2, 0.25) is 0 Å². The molecular formula is C19H24F2N4. The van der Waals surface area contributed by atoms with Gasteiger partial charge < -0.3 is 14.8 Å². The third-order valence-corrected chi connectivity index (χ3v) is 5.33. The maximum Gasteiger partial charge on any atom is 0.159 e. The smallest absolute Gasteiger partial charge is 0.159 e. The number of nitrogens with zero attached hydrogens (tertiary/aromatic N) is 3. The summed E-state index contributed by atoms with van der Waals surface area (Å²) in [5.41, 5.74) is 1.37. The van der Waals surface area contributed by atoms with Gasteiger partial charge in [-0.2, -0.15) is 0 Å². The fraction of sp³-hybridized carbons (Fsp3) is 0.526. The van der Waals surface area contributed by atoms with E-state index in [0.29, 0.717) is 11.5 Å². The summed E-state index contributed by atoms with van der Waals surface area (Å²) in [4.78, 5) is 7.26. The number of aromatic nitrogens is 2. The normalized spacial score (nSPS) is 19.1. The summed E-state index contributed by atoms with van der Waals surface area (Å²) in [6.45, 7) is 6.27. The molecule has 6 heteroatoms. The molecule has 4 nitrogen and oxygen atoms in total. The lowest BCUT2D eigenvalue weighted by atomic mass is 9.97. The molecule has 2 fully saturated rings. The molecule has 0 aliphatic carbocycles. The van der Waals surface area contributed by atoms with E-state index >= 15 is 0 Å². The maximum absolute atomic E-state index is 13.6. The Morgan fingerprint density at radius 1 is 1.08 bits per heavy atom. The topological polar surface area (TPSA) is 33.1 Å². The van der Waals surface area contributed by atoms with Crippen molar-refractivity contribution in [2.75, 3.05) is 32.7 Å². The van der Waals surface area contributed by atoms with Gasteiger partial charge in [-0.15, -0.1) is 0 Å². The van der Waals surface area contributed by atoms with Crippen molar-refractivity contribution >= 4 is 0 Å². The van der Waals surface area contributed by atoms with Gasteiger partial charge >= 0.3 is 0 Å². The molecule has 2 aliphatic heterocycles. The summed E-state index contributed by atoms with van der Waals surface area (Å²) < 4.78 is 29.1. The van der Waals surface area contributed by atoms with Crippen molar-refractivity contribution in [1.29, 1.82) is 0 Å². The third-order valence-electron chi connectivity index (χ3n) is 5.33. The van der Waals surface area contributed by atoms with Crippen LogP contribution in [0.1, 0.15) is 31.0 Å². The first-order chi connectivity index (χ1) is 12.2. The summed E-state index contributed by atoms with van der Waals surface area (Å²) in [5.74, 6) is -0.131. The Labute approximate surface area is 146 Å². The number of hydrogen-bond donors (Lipinski definition) is 1. The van der Waals surface area contributed by atoms with Crippen molar-refractivity contribution in [2.45, 2.75) is 31.7 Å². The van der Waals surface area contributed by atoms with E-state index in [1.807, 2.05) is 6.20 Å². The van der Waals surface area contributed by atoms with Crippen LogP contribution < -0.4 is 5.32 Å². The minimum Gasteiger partial charge on any atom is -0.333 e. The van der Waals surface area contributed by atoms with E-state index in [1.54, 1.807) is 6.07 Å². The molecule has 2 aliphatic rings. The van der Waals surface area contributed by atoms with Gasteiger partial charge in [0.15, 0.2) is 11.6 Å². The molecule has 0 atom stereocenters. The molecule has 0 unspecified atom stereocenters. The summed E-state index contributed by atoms with van der Waals surface area (Å²) in [5, 5.41) is 3.39. The summed E-state index contributed by atoms with van der Waals surface area (Å²) in [6, 6.07) is 4.02. The van der Waals surface area contributed by atoms with Crippen molar-refractivity contribution < 1.29 is 8.78 Å². The van der Waals surface area contributed by atoms with Crippen LogP contribution >= 0.6 is 0 Å². The third kappa shape index (κ3) is 3.60. The fourth-order valence-corrected chi connectivity index (χ4v) is 3.66. The summed E-state index contributed by atoms with van der Waals surface area (Å²) >= 11 is 0. The minimum atomic E-state index is -0.823. The molecule has 1 N–H and O–H groups in total. The predicted octanol–water partition coefficient (Wildman–Crippen LogP) is 3.00. The van der Waals surface area contributed by atoms with Gasteiger partial charge in [-0.05, 0) is 63.6 Å². The van der Waals surface area contributed by atoms with Crippen LogP contribution in [0.2, 0.25) is 0 Å². The zero-order valence-corrected chi connectivity index (χ0v) is 14.3. The molecule has 0 saturated carbocycles. The van der Waals surface area contributed by atoms with Gasteiger partial charge in [0.1, 0.15) is 5.82 Å². The first-order valence-electron chi connectivity index (χ1n) is 9.16. The second kappa shape index (κ2) is 7.22. The Morgan fingerprint density at radius 2 is 1.88 bits per heavy atom. The first-order valence-corrected chi connectivity index (χ1v) is 9.16. The second-order valence-corrected chi connectivity index (χ2v) is 7.03. The highest BCUT2D eigenvalue weighted by molar-refractivity contribution is 5.58. The van der Waals surface area contributed by atoms with Gasteiger partial charge in [-0.25, -0.2) is 13.8 Å². The Balaban J connectivity index is 1.62. The quantitative estimate of drug-likeness (QED) is 0.903. The van der Waals surface area contributed by atoms with Gasteiger partial charge in [-0.3, -0.25) is 0 Å². The SMILES string of the molecule is Fc1ccc(-c2cn(CCN3CCC3)c(C3CCNCC3)n2)cc1F. The lowest BCUT2D eigenvalue weighted by Crippen LogP contribution is -2.39. The Kier molecular flexibility index (Phi) is 4.81. The minimum absolute atomic E-state index is 0.427. The molecule has 0 amide bonds. The van der Waals surface area contributed by atoms with Gasteiger partial charge in [0.25, 0.3) is 0 Å². The molecule has 0 bridgehead atoms. The van der Waals surface area contributed by atoms with E-state index in [1.165, 1.54) is 31.6 Å². The van der Waals surface area contributed by atoms with Crippen LogP contribution in [-0.4, -0.2) is 47.2 Å². The van der Waals surface area contributed by atoms with Crippen molar-refractivity contribution in [2.24, 2.45) is 0 Å². The monoisotopic (exact) mass is 346 g/mol. The molecule has 25 heavy (non-hydrogen) atoms. The molecule has 2 saturated heterocycles. The van der Waals surface area contributed by atoms with Crippen LogP contribution in [0.15, 0.2) is 24.4 Å². The van der Waals surface area contributed by atoms with Crippen LogP contribution in [-0.2, 0) is 6.54 Å². The van der Waals surface area contributed by atoms with Crippen LogP contribution in [0.4, 0.5) is 8.78 Å². The van der Waals surface area contributed by atoms with Gasteiger partial charge in [0.05, 0.1) is 5.69 Å². The molecule has 3 heterocycles. The summed E-state index contributed by atoms with van der Waals surface area (Å²) in [6.07, 6.45) is 5.42. The number of likely N-dealkylation sites (tertiary alicyclic amines) is 1. The predicted molar refractivity (Wildman–Crippen MR) is 93.5 cm³/mol. The van der Waals surface area contributed by atoms with Crippen LogP contribution in [0.25, 0.3) is 11.3 Å². The zero-order chi connectivity index (χ0) is 17.2. The van der Waals surface area contributed by atoms with Crippen LogP contribution in [0, 0.1) is 11.6 Å². The average molecular weight is 346 g/mol.